The molecule has 1 amide bonds. The van der Waals surface area contributed by atoms with Crippen molar-refractivity contribution in [2.45, 2.75) is 12.8 Å². The molecule has 3 nitrogen and oxygen atoms in total. The van der Waals surface area contributed by atoms with E-state index in [2.05, 4.69) is 5.32 Å². The zero-order valence-corrected chi connectivity index (χ0v) is 9.08. The second kappa shape index (κ2) is 4.96. The van der Waals surface area contributed by atoms with Crippen LogP contribution < -0.4 is 5.32 Å². The van der Waals surface area contributed by atoms with Gasteiger partial charge >= 0.3 is 0 Å². The molecule has 1 aromatic carbocycles. The van der Waals surface area contributed by atoms with Gasteiger partial charge in [0.05, 0.1) is 6.54 Å². The van der Waals surface area contributed by atoms with Gasteiger partial charge in [0.25, 0.3) is 0 Å². The Labute approximate surface area is 94.3 Å². The Morgan fingerprint density at radius 3 is 2.50 bits per heavy atom. The first-order valence-electron chi connectivity index (χ1n) is 5.53. The first-order chi connectivity index (χ1) is 7.75. The fourth-order valence-corrected chi connectivity index (χ4v) is 1.82. The molecule has 0 atom stereocenters. The van der Waals surface area contributed by atoms with E-state index in [1.54, 1.807) is 12.1 Å². The van der Waals surface area contributed by atoms with Gasteiger partial charge in [0.2, 0.25) is 5.91 Å². The lowest BCUT2D eigenvalue weighted by atomic mass is 10.3. The highest BCUT2D eigenvalue weighted by Gasteiger charge is 2.16. The van der Waals surface area contributed by atoms with Gasteiger partial charge in [-0.15, -0.1) is 0 Å². The average Bonchev–Trinajstić information content (AvgIpc) is 2.81. The number of benzene rings is 1. The van der Waals surface area contributed by atoms with Crippen LogP contribution in [-0.4, -0.2) is 30.4 Å². The van der Waals surface area contributed by atoms with Gasteiger partial charge in [-0.2, -0.15) is 0 Å². The van der Waals surface area contributed by atoms with E-state index in [-0.39, 0.29) is 18.3 Å². The van der Waals surface area contributed by atoms with E-state index in [9.17, 15) is 9.18 Å². The molecule has 0 aromatic heterocycles. The molecule has 1 aromatic rings. The highest BCUT2D eigenvalue weighted by atomic mass is 19.1. The van der Waals surface area contributed by atoms with Gasteiger partial charge in [0, 0.05) is 18.8 Å². The zero-order valence-electron chi connectivity index (χ0n) is 9.08. The number of hydrogen-bond acceptors (Lipinski definition) is 2. The topological polar surface area (TPSA) is 32.3 Å². The van der Waals surface area contributed by atoms with E-state index in [4.69, 9.17) is 0 Å². The first-order valence-corrected chi connectivity index (χ1v) is 5.53. The number of amides is 1. The van der Waals surface area contributed by atoms with Crippen molar-refractivity contribution in [3.8, 4) is 0 Å². The maximum Gasteiger partial charge on any atom is 0.241 e. The number of hydrogen-bond donors (Lipinski definition) is 1. The molecule has 0 saturated carbocycles. The smallest absolute Gasteiger partial charge is 0.241 e. The largest absolute Gasteiger partial charge is 0.376 e. The molecule has 1 N–H and O–H groups in total. The van der Waals surface area contributed by atoms with Crippen molar-refractivity contribution in [1.29, 1.82) is 0 Å². The molecule has 1 fully saturated rings. The minimum absolute atomic E-state index is 0.113. The number of likely N-dealkylation sites (tertiary alicyclic amines) is 1. The molecule has 4 heteroatoms. The van der Waals surface area contributed by atoms with Crippen LogP contribution in [-0.2, 0) is 4.79 Å². The summed E-state index contributed by atoms with van der Waals surface area (Å²) >= 11 is 0. The summed E-state index contributed by atoms with van der Waals surface area (Å²) < 4.78 is 12.6. The Balaban J connectivity index is 1.82. The normalized spacial score (nSPS) is 15.2. The lowest BCUT2D eigenvalue weighted by Crippen LogP contribution is -2.32. The molecule has 86 valence electrons. The van der Waals surface area contributed by atoms with E-state index in [1.807, 2.05) is 4.90 Å². The van der Waals surface area contributed by atoms with Crippen molar-refractivity contribution < 1.29 is 9.18 Å². The van der Waals surface area contributed by atoms with Crippen LogP contribution >= 0.6 is 0 Å². The number of nitrogens with zero attached hydrogens (tertiary/aromatic N) is 1. The number of carbonyl (C=O) groups is 1. The van der Waals surface area contributed by atoms with E-state index >= 15 is 0 Å². The third-order valence-corrected chi connectivity index (χ3v) is 2.75. The predicted octanol–water partition coefficient (Wildman–Crippen LogP) is 1.86. The average molecular weight is 222 g/mol. The number of halogens is 1. The maximum absolute atomic E-state index is 12.6. The van der Waals surface area contributed by atoms with Gasteiger partial charge in [-0.3, -0.25) is 4.79 Å². The van der Waals surface area contributed by atoms with Crippen LogP contribution in [0.4, 0.5) is 10.1 Å². The van der Waals surface area contributed by atoms with Gasteiger partial charge < -0.3 is 10.2 Å². The van der Waals surface area contributed by atoms with E-state index in [0.717, 1.165) is 31.6 Å². The SMILES string of the molecule is O=C(CNc1ccc(F)cc1)N1CCCC1. The van der Waals surface area contributed by atoms with Crippen LogP contribution in [0, 0.1) is 5.82 Å². The number of rotatable bonds is 3. The van der Waals surface area contributed by atoms with Crippen molar-refractivity contribution in [3.05, 3.63) is 30.1 Å². The molecule has 1 heterocycles. The Morgan fingerprint density at radius 2 is 1.88 bits per heavy atom. The molecular formula is C12H15FN2O. The van der Waals surface area contributed by atoms with Crippen LogP contribution in [0.25, 0.3) is 0 Å². The van der Waals surface area contributed by atoms with Gasteiger partial charge in [-0.1, -0.05) is 0 Å². The first kappa shape index (κ1) is 10.9. The van der Waals surface area contributed by atoms with Gasteiger partial charge in [-0.25, -0.2) is 4.39 Å². The summed E-state index contributed by atoms with van der Waals surface area (Å²) in [6, 6.07) is 6.02. The van der Waals surface area contributed by atoms with E-state index in [0.29, 0.717) is 0 Å². The fourth-order valence-electron chi connectivity index (χ4n) is 1.82. The molecule has 2 rings (SSSR count). The van der Waals surface area contributed by atoms with Gasteiger partial charge in [0.1, 0.15) is 5.82 Å². The lowest BCUT2D eigenvalue weighted by molar-refractivity contribution is -0.128. The molecular weight excluding hydrogens is 207 g/mol. The molecule has 1 aliphatic heterocycles. The molecule has 0 spiro atoms. The summed E-state index contributed by atoms with van der Waals surface area (Å²) in [5, 5.41) is 2.99. The van der Waals surface area contributed by atoms with Crippen molar-refractivity contribution in [1.82, 2.24) is 4.90 Å². The van der Waals surface area contributed by atoms with Crippen molar-refractivity contribution in [2.75, 3.05) is 25.0 Å². The highest BCUT2D eigenvalue weighted by molar-refractivity contribution is 5.81. The standard InChI is InChI=1S/C12H15FN2O/c13-10-3-5-11(6-4-10)14-9-12(16)15-7-1-2-8-15/h3-6,14H,1-2,7-9H2. The summed E-state index contributed by atoms with van der Waals surface area (Å²) in [6.07, 6.45) is 2.20. The summed E-state index contributed by atoms with van der Waals surface area (Å²) in [6.45, 7) is 2.01. The summed E-state index contributed by atoms with van der Waals surface area (Å²) in [5.74, 6) is -0.154. The van der Waals surface area contributed by atoms with Crippen molar-refractivity contribution in [2.24, 2.45) is 0 Å². The Hall–Kier alpha value is -1.58. The monoisotopic (exact) mass is 222 g/mol. The minimum atomic E-state index is -0.267. The summed E-state index contributed by atoms with van der Waals surface area (Å²) in [4.78, 5) is 13.5. The third kappa shape index (κ3) is 2.72. The lowest BCUT2D eigenvalue weighted by Gasteiger charge is -2.15. The van der Waals surface area contributed by atoms with Crippen molar-refractivity contribution in [3.63, 3.8) is 0 Å². The second-order valence-corrected chi connectivity index (χ2v) is 3.95. The molecule has 1 saturated heterocycles. The van der Waals surface area contributed by atoms with Gasteiger partial charge in [0.15, 0.2) is 0 Å². The van der Waals surface area contributed by atoms with Crippen molar-refractivity contribution >= 4 is 11.6 Å². The minimum Gasteiger partial charge on any atom is -0.376 e. The molecule has 16 heavy (non-hydrogen) atoms. The van der Waals surface area contributed by atoms with Gasteiger partial charge in [-0.05, 0) is 37.1 Å². The molecule has 1 aliphatic rings. The fraction of sp³-hybridized carbons (Fsp3) is 0.417. The van der Waals surface area contributed by atoms with Crippen LogP contribution in [0.15, 0.2) is 24.3 Å². The molecule has 0 unspecified atom stereocenters. The zero-order chi connectivity index (χ0) is 11.4. The number of carbonyl (C=O) groups excluding carboxylic acids is 1. The van der Waals surface area contributed by atoms with Crippen LogP contribution in [0.3, 0.4) is 0 Å². The molecule has 0 radical (unpaired) electrons. The summed E-state index contributed by atoms with van der Waals surface area (Å²) in [5.41, 5.74) is 0.772. The van der Waals surface area contributed by atoms with Crippen LogP contribution in [0.5, 0.6) is 0 Å². The van der Waals surface area contributed by atoms with Crippen LogP contribution in [0.2, 0.25) is 0 Å². The van der Waals surface area contributed by atoms with E-state index < -0.39 is 0 Å². The third-order valence-electron chi connectivity index (χ3n) is 2.75. The molecule has 0 bridgehead atoms. The highest BCUT2D eigenvalue weighted by Crippen LogP contribution is 2.10. The second-order valence-electron chi connectivity index (χ2n) is 3.95. The van der Waals surface area contributed by atoms with E-state index in [1.165, 1.54) is 12.1 Å². The summed E-state index contributed by atoms with van der Waals surface area (Å²) in [7, 11) is 0. The Morgan fingerprint density at radius 1 is 1.25 bits per heavy atom. The Kier molecular flexibility index (Phi) is 3.39. The quantitative estimate of drug-likeness (QED) is 0.846. The Bertz CT molecular complexity index is 358. The van der Waals surface area contributed by atoms with Crippen LogP contribution in [0.1, 0.15) is 12.8 Å². The predicted molar refractivity (Wildman–Crippen MR) is 60.7 cm³/mol. The number of anilines is 1. The number of nitrogens with one attached hydrogen (secondary N) is 1. The maximum atomic E-state index is 12.6. The molecule has 0 aliphatic carbocycles.